The Morgan fingerprint density at radius 3 is 2.57 bits per heavy atom. The summed E-state index contributed by atoms with van der Waals surface area (Å²) in [5, 5.41) is 0. The van der Waals surface area contributed by atoms with Crippen molar-refractivity contribution in [1.29, 1.82) is 0 Å². The quantitative estimate of drug-likeness (QED) is 0.724. The lowest BCUT2D eigenvalue weighted by molar-refractivity contribution is -0.139. The van der Waals surface area contributed by atoms with Gasteiger partial charge in [0, 0.05) is 36.6 Å². The predicted molar refractivity (Wildman–Crippen MR) is 107 cm³/mol. The molecule has 0 aliphatic carbocycles. The van der Waals surface area contributed by atoms with E-state index in [9.17, 15) is 14.0 Å². The molecule has 2 atom stereocenters. The third-order valence-corrected chi connectivity index (χ3v) is 5.94. The number of hydrogen-bond donors (Lipinski definition) is 0. The van der Waals surface area contributed by atoms with Crippen LogP contribution in [0.4, 0.5) is 9.18 Å². The van der Waals surface area contributed by atoms with Crippen molar-refractivity contribution >= 4 is 27.9 Å². The molecule has 5 nitrogen and oxygen atoms in total. The van der Waals surface area contributed by atoms with E-state index in [1.807, 2.05) is 30.3 Å². The maximum Gasteiger partial charge on any atom is 0.321 e. The normalized spacial score (nSPS) is 22.0. The van der Waals surface area contributed by atoms with Gasteiger partial charge in [0.05, 0.1) is 12.6 Å². The molecule has 0 saturated carbocycles. The fourth-order valence-corrected chi connectivity index (χ4v) is 4.40. The molecule has 2 heterocycles. The van der Waals surface area contributed by atoms with Crippen LogP contribution in [0.5, 0.6) is 0 Å². The molecule has 2 fully saturated rings. The van der Waals surface area contributed by atoms with Crippen LogP contribution >= 0.6 is 15.9 Å². The molecule has 0 bridgehead atoms. The van der Waals surface area contributed by atoms with Crippen LogP contribution in [-0.4, -0.2) is 58.9 Å². The minimum atomic E-state index is -0.529. The fourth-order valence-electron chi connectivity index (χ4n) is 4.06. The van der Waals surface area contributed by atoms with Crippen molar-refractivity contribution in [3.05, 3.63) is 69.9 Å². The molecule has 0 aromatic heterocycles. The van der Waals surface area contributed by atoms with E-state index in [1.165, 1.54) is 6.07 Å². The van der Waals surface area contributed by atoms with Crippen LogP contribution in [0.3, 0.4) is 0 Å². The highest BCUT2D eigenvalue weighted by atomic mass is 79.9. The number of carbonyl (C=O) groups is 2. The molecule has 2 saturated heterocycles. The Balaban J connectivity index is 1.57. The number of benzene rings is 2. The lowest BCUT2D eigenvalue weighted by atomic mass is 9.99. The Morgan fingerprint density at radius 2 is 1.86 bits per heavy atom. The maximum absolute atomic E-state index is 14.2. The number of fused-ring (bicyclic) bond motifs is 1. The molecule has 3 amide bonds. The number of carbonyl (C=O) groups excluding carboxylic acids is 2. The van der Waals surface area contributed by atoms with Gasteiger partial charge in [-0.05, 0) is 17.7 Å². The van der Waals surface area contributed by atoms with E-state index >= 15 is 0 Å². The first-order valence-electron chi connectivity index (χ1n) is 9.24. The fraction of sp³-hybridized carbons (Fsp3) is 0.333. The smallest absolute Gasteiger partial charge is 0.321 e. The van der Waals surface area contributed by atoms with Crippen molar-refractivity contribution in [2.24, 2.45) is 0 Å². The minimum absolute atomic E-state index is 0.0508. The number of nitrogens with zero attached hydrogens (tertiary/aromatic N) is 3. The van der Waals surface area contributed by atoms with Gasteiger partial charge in [0.1, 0.15) is 11.9 Å². The monoisotopic (exact) mass is 445 g/mol. The molecule has 0 spiro atoms. The van der Waals surface area contributed by atoms with Gasteiger partial charge in [-0.3, -0.25) is 4.79 Å². The van der Waals surface area contributed by atoms with Crippen LogP contribution in [-0.2, 0) is 17.8 Å². The summed E-state index contributed by atoms with van der Waals surface area (Å²) in [4.78, 5) is 31.0. The summed E-state index contributed by atoms with van der Waals surface area (Å²) in [5.74, 6) is -0.397. The van der Waals surface area contributed by atoms with Crippen molar-refractivity contribution < 1.29 is 14.0 Å². The van der Waals surface area contributed by atoms with Gasteiger partial charge in [-0.2, -0.15) is 0 Å². The van der Waals surface area contributed by atoms with Crippen LogP contribution in [0.1, 0.15) is 11.1 Å². The Bertz CT molecular complexity index is 908. The molecule has 28 heavy (non-hydrogen) atoms. The zero-order valence-electron chi connectivity index (χ0n) is 15.5. The van der Waals surface area contributed by atoms with Crippen LogP contribution in [0.2, 0.25) is 0 Å². The van der Waals surface area contributed by atoms with Gasteiger partial charge in [-0.1, -0.05) is 52.3 Å². The third-order valence-electron chi connectivity index (χ3n) is 5.45. The van der Waals surface area contributed by atoms with Gasteiger partial charge < -0.3 is 14.7 Å². The summed E-state index contributed by atoms with van der Waals surface area (Å²) in [7, 11) is 1.78. The first-order chi connectivity index (χ1) is 13.4. The van der Waals surface area contributed by atoms with Gasteiger partial charge in [0.25, 0.3) is 0 Å². The molecular formula is C21H21BrFN3O2. The van der Waals surface area contributed by atoms with Crippen molar-refractivity contribution in [3.63, 3.8) is 0 Å². The SMILES string of the molecule is CN1C[C@H]2CN(Cc3ccc(Br)cc3F)C(=O)N2[C@@H](Cc2ccccc2)C1=O. The van der Waals surface area contributed by atoms with E-state index in [0.717, 1.165) is 5.56 Å². The first-order valence-corrected chi connectivity index (χ1v) is 10.0. The summed E-state index contributed by atoms with van der Waals surface area (Å²) < 4.78 is 14.9. The van der Waals surface area contributed by atoms with Crippen LogP contribution in [0.25, 0.3) is 0 Å². The Morgan fingerprint density at radius 1 is 1.11 bits per heavy atom. The minimum Gasteiger partial charge on any atom is -0.342 e. The second-order valence-corrected chi connectivity index (χ2v) is 8.30. The first kappa shape index (κ1) is 18.9. The average Bonchev–Trinajstić information content (AvgIpc) is 2.97. The molecule has 146 valence electrons. The summed E-state index contributed by atoms with van der Waals surface area (Å²) in [6, 6.07) is 13.8. The summed E-state index contributed by atoms with van der Waals surface area (Å²) in [6.45, 7) is 1.17. The average molecular weight is 446 g/mol. The molecule has 2 aromatic rings. The molecule has 2 aliphatic heterocycles. The molecule has 0 radical (unpaired) electrons. The standard InChI is InChI=1S/C21H21BrFN3O2/c1-24-12-17-13-25(11-15-7-8-16(22)10-18(15)23)21(28)26(17)19(20(24)27)9-14-5-3-2-4-6-14/h2-8,10,17,19H,9,11-13H2,1H3/t17-,19-/m0/s1. The molecule has 0 unspecified atom stereocenters. The Labute approximate surface area is 171 Å². The van der Waals surface area contributed by atoms with E-state index in [0.29, 0.717) is 29.5 Å². The molecule has 2 aliphatic rings. The number of amides is 3. The van der Waals surface area contributed by atoms with E-state index in [1.54, 1.807) is 33.9 Å². The number of urea groups is 1. The van der Waals surface area contributed by atoms with Gasteiger partial charge in [-0.15, -0.1) is 0 Å². The van der Waals surface area contributed by atoms with Gasteiger partial charge in [0.2, 0.25) is 5.91 Å². The zero-order valence-corrected chi connectivity index (χ0v) is 17.1. The zero-order chi connectivity index (χ0) is 19.8. The number of halogens is 2. The summed E-state index contributed by atoms with van der Waals surface area (Å²) >= 11 is 3.25. The largest absolute Gasteiger partial charge is 0.342 e. The topological polar surface area (TPSA) is 43.9 Å². The highest BCUT2D eigenvalue weighted by molar-refractivity contribution is 9.10. The molecule has 0 N–H and O–H groups in total. The number of hydrogen-bond acceptors (Lipinski definition) is 2. The van der Waals surface area contributed by atoms with Crippen molar-refractivity contribution in [3.8, 4) is 0 Å². The summed E-state index contributed by atoms with van der Waals surface area (Å²) in [5.41, 5.74) is 1.48. The second-order valence-electron chi connectivity index (χ2n) is 7.38. The number of rotatable bonds is 4. The van der Waals surface area contributed by atoms with Crippen LogP contribution in [0, 0.1) is 5.82 Å². The van der Waals surface area contributed by atoms with E-state index in [2.05, 4.69) is 15.9 Å². The molecular weight excluding hydrogens is 425 g/mol. The van der Waals surface area contributed by atoms with E-state index < -0.39 is 6.04 Å². The van der Waals surface area contributed by atoms with Crippen molar-refractivity contribution in [2.75, 3.05) is 20.1 Å². The van der Waals surface area contributed by atoms with Crippen molar-refractivity contribution in [2.45, 2.75) is 25.0 Å². The molecule has 7 heteroatoms. The van der Waals surface area contributed by atoms with E-state index in [-0.39, 0.29) is 30.3 Å². The highest BCUT2D eigenvalue weighted by Crippen LogP contribution is 2.29. The Hall–Kier alpha value is -2.41. The van der Waals surface area contributed by atoms with Crippen LogP contribution in [0.15, 0.2) is 53.0 Å². The van der Waals surface area contributed by atoms with Gasteiger partial charge >= 0.3 is 6.03 Å². The summed E-state index contributed by atoms with van der Waals surface area (Å²) in [6.07, 6.45) is 0.479. The van der Waals surface area contributed by atoms with Gasteiger partial charge in [0.15, 0.2) is 0 Å². The highest BCUT2D eigenvalue weighted by Gasteiger charge is 2.48. The van der Waals surface area contributed by atoms with Crippen LogP contribution < -0.4 is 0 Å². The van der Waals surface area contributed by atoms with E-state index in [4.69, 9.17) is 0 Å². The number of piperazine rings is 1. The third kappa shape index (κ3) is 3.51. The number of likely N-dealkylation sites (N-methyl/N-ethyl adjacent to an activating group) is 1. The Kier molecular flexibility index (Phi) is 5.10. The maximum atomic E-state index is 14.2. The molecule has 4 rings (SSSR count). The second kappa shape index (κ2) is 7.54. The lowest BCUT2D eigenvalue weighted by Crippen LogP contribution is -2.60. The lowest BCUT2D eigenvalue weighted by Gasteiger charge is -2.40. The predicted octanol–water partition coefficient (Wildman–Crippen LogP) is 3.28. The van der Waals surface area contributed by atoms with Crippen molar-refractivity contribution in [1.82, 2.24) is 14.7 Å². The molecule has 2 aromatic carbocycles. The van der Waals surface area contributed by atoms with Gasteiger partial charge in [-0.25, -0.2) is 9.18 Å².